The van der Waals surface area contributed by atoms with Crippen LogP contribution in [-0.2, 0) is 9.53 Å². The minimum absolute atomic E-state index is 0.0262. The number of benzene rings is 2. The molecule has 0 spiro atoms. The second kappa shape index (κ2) is 10.6. The zero-order valence-corrected chi connectivity index (χ0v) is 23.9. The number of nitrogens with zero attached hydrogens (tertiary/aromatic N) is 1. The first-order valence-corrected chi connectivity index (χ1v) is 15.2. The number of likely N-dealkylation sites (tertiary alicyclic amines) is 1. The van der Waals surface area contributed by atoms with E-state index in [1.807, 2.05) is 30.3 Å². The highest BCUT2D eigenvalue weighted by Gasteiger charge is 2.55. The van der Waals surface area contributed by atoms with E-state index < -0.39 is 0 Å². The summed E-state index contributed by atoms with van der Waals surface area (Å²) in [4.78, 5) is 15.7. The van der Waals surface area contributed by atoms with Crippen molar-refractivity contribution in [3.63, 3.8) is 0 Å². The largest absolute Gasteiger partial charge is 0.493 e. The SMILES string of the molecule is C=C1CCC[C@]2(C)C[C@H]3OC(=O)[C@H](CN4CC[C@H](c5ccc(F)cc5)[C@H](COc5ccc6c(c5)OCO6)C4)[C@H]3C[C@@H]12. The monoisotopic (exact) mass is 561 g/mol. The Morgan fingerprint density at radius 3 is 2.83 bits per heavy atom. The molecule has 7 atom stereocenters. The van der Waals surface area contributed by atoms with Gasteiger partial charge in [-0.1, -0.05) is 31.2 Å². The molecule has 2 aromatic rings. The molecule has 7 heteroatoms. The van der Waals surface area contributed by atoms with Crippen LogP contribution in [0.3, 0.4) is 0 Å². The molecule has 0 aromatic heterocycles. The molecule has 0 unspecified atom stereocenters. The molecule has 2 saturated carbocycles. The molecule has 2 saturated heterocycles. The average Bonchev–Trinajstić information content (AvgIpc) is 3.54. The van der Waals surface area contributed by atoms with Crippen molar-refractivity contribution in [1.29, 1.82) is 0 Å². The molecular formula is C34H40FNO5. The molecule has 3 heterocycles. The summed E-state index contributed by atoms with van der Waals surface area (Å²) < 4.78 is 37.1. The number of hydrogen-bond donors (Lipinski definition) is 0. The smallest absolute Gasteiger partial charge is 0.310 e. The fourth-order valence-electron chi connectivity index (χ4n) is 8.50. The average molecular weight is 562 g/mol. The van der Waals surface area contributed by atoms with E-state index in [4.69, 9.17) is 18.9 Å². The maximum Gasteiger partial charge on any atom is 0.310 e. The molecule has 218 valence electrons. The van der Waals surface area contributed by atoms with Crippen LogP contribution in [0.4, 0.5) is 4.39 Å². The van der Waals surface area contributed by atoms with E-state index in [-0.39, 0.29) is 53.8 Å². The van der Waals surface area contributed by atoms with Crippen molar-refractivity contribution in [3.05, 3.63) is 66.0 Å². The molecule has 6 nitrogen and oxygen atoms in total. The maximum absolute atomic E-state index is 13.7. The van der Waals surface area contributed by atoms with Gasteiger partial charge < -0.3 is 23.8 Å². The minimum atomic E-state index is -0.224. The Labute approximate surface area is 241 Å². The van der Waals surface area contributed by atoms with Crippen LogP contribution in [-0.4, -0.2) is 50.0 Å². The van der Waals surface area contributed by atoms with Crippen LogP contribution in [0.1, 0.15) is 56.9 Å². The fourth-order valence-corrected chi connectivity index (χ4v) is 8.50. The molecule has 0 radical (unpaired) electrons. The van der Waals surface area contributed by atoms with Gasteiger partial charge in [-0.05, 0) is 92.1 Å². The van der Waals surface area contributed by atoms with Gasteiger partial charge in [0.15, 0.2) is 11.5 Å². The first kappa shape index (κ1) is 26.8. The number of esters is 1. The van der Waals surface area contributed by atoms with Gasteiger partial charge in [0.25, 0.3) is 0 Å². The zero-order valence-electron chi connectivity index (χ0n) is 23.9. The zero-order chi connectivity index (χ0) is 28.1. The summed E-state index contributed by atoms with van der Waals surface area (Å²) >= 11 is 0. The van der Waals surface area contributed by atoms with Gasteiger partial charge in [-0.2, -0.15) is 0 Å². The molecule has 41 heavy (non-hydrogen) atoms. The number of carbonyl (C=O) groups excluding carboxylic acids is 1. The summed E-state index contributed by atoms with van der Waals surface area (Å²) in [5.74, 6) is 2.98. The summed E-state index contributed by atoms with van der Waals surface area (Å²) in [5.41, 5.74) is 2.71. The van der Waals surface area contributed by atoms with Crippen molar-refractivity contribution in [2.45, 2.75) is 57.5 Å². The molecule has 4 fully saturated rings. The quantitative estimate of drug-likeness (QED) is 0.303. The number of rotatable bonds is 6. The van der Waals surface area contributed by atoms with Gasteiger partial charge in [-0.3, -0.25) is 4.79 Å². The van der Waals surface area contributed by atoms with Crippen LogP contribution < -0.4 is 14.2 Å². The predicted molar refractivity (Wildman–Crippen MR) is 152 cm³/mol. The Balaban J connectivity index is 1.06. The Bertz CT molecular complexity index is 1310. The van der Waals surface area contributed by atoms with E-state index in [1.165, 1.54) is 18.4 Å². The number of ether oxygens (including phenoxy) is 4. The van der Waals surface area contributed by atoms with Crippen molar-refractivity contribution >= 4 is 5.97 Å². The van der Waals surface area contributed by atoms with Gasteiger partial charge in [-0.25, -0.2) is 4.39 Å². The number of halogens is 1. The number of fused-ring (bicyclic) bond motifs is 3. The Kier molecular flexibility index (Phi) is 6.96. The molecule has 2 aromatic carbocycles. The standard InChI is InChI=1S/C34H40FNO5/c1-21-4-3-12-34(2)16-32-27(15-29(21)34)28(33(37)41-32)18-36-13-11-26(22-5-7-24(35)8-6-22)23(17-36)19-38-25-9-10-30-31(14-25)40-20-39-30/h5-10,14,23,26-29,32H,1,3-4,11-13,15-20H2,2H3/t23-,26+,27+,28+,29-,32+,34+/m0/s1. The van der Waals surface area contributed by atoms with E-state index in [9.17, 15) is 9.18 Å². The second-order valence-electron chi connectivity index (χ2n) is 13.2. The number of piperidine rings is 1. The maximum atomic E-state index is 13.7. The summed E-state index contributed by atoms with van der Waals surface area (Å²) in [6.07, 6.45) is 6.43. The molecule has 2 aliphatic carbocycles. The Morgan fingerprint density at radius 1 is 1.15 bits per heavy atom. The van der Waals surface area contributed by atoms with Gasteiger partial charge in [0.2, 0.25) is 6.79 Å². The lowest BCUT2D eigenvalue weighted by Gasteiger charge is -2.50. The third-order valence-corrected chi connectivity index (χ3v) is 10.7. The first-order valence-electron chi connectivity index (χ1n) is 15.2. The lowest BCUT2D eigenvalue weighted by molar-refractivity contribution is -0.146. The summed E-state index contributed by atoms with van der Waals surface area (Å²) in [5, 5.41) is 0. The van der Waals surface area contributed by atoms with E-state index in [2.05, 4.69) is 18.4 Å². The van der Waals surface area contributed by atoms with Crippen molar-refractivity contribution < 1.29 is 28.1 Å². The van der Waals surface area contributed by atoms with Crippen LogP contribution in [0.15, 0.2) is 54.6 Å². The van der Waals surface area contributed by atoms with Gasteiger partial charge in [0.1, 0.15) is 17.7 Å². The lowest BCUT2D eigenvalue weighted by atomic mass is 9.55. The normalized spacial score (nSPS) is 34.6. The van der Waals surface area contributed by atoms with Gasteiger partial charge >= 0.3 is 5.97 Å². The van der Waals surface area contributed by atoms with Crippen LogP contribution in [0.5, 0.6) is 17.2 Å². The van der Waals surface area contributed by atoms with Crippen LogP contribution in [0.25, 0.3) is 0 Å². The Morgan fingerprint density at radius 2 is 1.98 bits per heavy atom. The highest BCUT2D eigenvalue weighted by Crippen LogP contribution is 2.57. The van der Waals surface area contributed by atoms with Crippen LogP contribution >= 0.6 is 0 Å². The molecule has 0 N–H and O–H groups in total. The van der Waals surface area contributed by atoms with Gasteiger partial charge in [-0.15, -0.1) is 0 Å². The summed E-state index contributed by atoms with van der Waals surface area (Å²) in [6.45, 7) is 9.97. The van der Waals surface area contributed by atoms with Crippen molar-refractivity contribution in [3.8, 4) is 17.2 Å². The third-order valence-electron chi connectivity index (χ3n) is 10.7. The van der Waals surface area contributed by atoms with Crippen molar-refractivity contribution in [1.82, 2.24) is 4.90 Å². The van der Waals surface area contributed by atoms with Crippen molar-refractivity contribution in [2.24, 2.45) is 29.1 Å². The number of carbonyl (C=O) groups is 1. The van der Waals surface area contributed by atoms with E-state index in [0.29, 0.717) is 24.8 Å². The van der Waals surface area contributed by atoms with Crippen LogP contribution in [0.2, 0.25) is 0 Å². The summed E-state index contributed by atoms with van der Waals surface area (Å²) in [7, 11) is 0. The molecule has 0 amide bonds. The van der Waals surface area contributed by atoms with E-state index in [1.54, 1.807) is 12.1 Å². The molecular weight excluding hydrogens is 521 g/mol. The van der Waals surface area contributed by atoms with Crippen molar-refractivity contribution in [2.75, 3.05) is 33.0 Å². The van der Waals surface area contributed by atoms with E-state index in [0.717, 1.165) is 55.8 Å². The molecule has 3 aliphatic heterocycles. The van der Waals surface area contributed by atoms with Gasteiger partial charge in [0, 0.05) is 31.0 Å². The topological polar surface area (TPSA) is 57.2 Å². The van der Waals surface area contributed by atoms with Gasteiger partial charge in [0.05, 0.1) is 12.5 Å². The predicted octanol–water partition coefficient (Wildman–Crippen LogP) is 6.35. The number of allylic oxidation sites excluding steroid dienone is 1. The molecule has 0 bridgehead atoms. The second-order valence-corrected chi connectivity index (χ2v) is 13.2. The van der Waals surface area contributed by atoms with Crippen LogP contribution in [0, 0.1) is 34.9 Å². The first-order chi connectivity index (χ1) is 19.9. The lowest BCUT2D eigenvalue weighted by Crippen LogP contribution is -2.48. The highest BCUT2D eigenvalue weighted by molar-refractivity contribution is 5.75. The van der Waals surface area contributed by atoms with E-state index >= 15 is 0 Å². The molecule has 7 rings (SSSR count). The Hall–Kier alpha value is -3.06. The number of hydrogen-bond acceptors (Lipinski definition) is 6. The fraction of sp³-hybridized carbons (Fsp3) is 0.559. The third kappa shape index (κ3) is 5.11. The minimum Gasteiger partial charge on any atom is -0.493 e. The molecule has 5 aliphatic rings. The highest BCUT2D eigenvalue weighted by atomic mass is 19.1. The summed E-state index contributed by atoms with van der Waals surface area (Å²) in [6, 6.07) is 12.5.